The summed E-state index contributed by atoms with van der Waals surface area (Å²) in [5.41, 5.74) is 2.55. The van der Waals surface area contributed by atoms with E-state index in [-0.39, 0.29) is 6.10 Å². The van der Waals surface area contributed by atoms with Crippen LogP contribution in [0, 0.1) is 6.92 Å². The molecule has 1 heterocycles. The van der Waals surface area contributed by atoms with Crippen molar-refractivity contribution in [2.24, 2.45) is 0 Å². The Morgan fingerprint density at radius 2 is 1.96 bits per heavy atom. The SMILES string of the molecule is CCn1c(SCc2cccc(C)c2)nnc1[C@H](C)Oc1cccc(Cl)c1. The number of ether oxygens (including phenoxy) is 1. The van der Waals surface area contributed by atoms with Gasteiger partial charge in [0.1, 0.15) is 5.75 Å². The molecule has 0 bridgehead atoms. The van der Waals surface area contributed by atoms with Crippen LogP contribution in [0.1, 0.15) is 36.9 Å². The van der Waals surface area contributed by atoms with Crippen molar-refractivity contribution in [3.63, 3.8) is 0 Å². The maximum absolute atomic E-state index is 6.03. The molecule has 0 aliphatic heterocycles. The Hall–Kier alpha value is -1.98. The van der Waals surface area contributed by atoms with E-state index >= 15 is 0 Å². The molecule has 0 aliphatic rings. The normalized spacial score (nSPS) is 12.2. The van der Waals surface area contributed by atoms with Gasteiger partial charge < -0.3 is 9.30 Å². The van der Waals surface area contributed by atoms with Gasteiger partial charge in [-0.15, -0.1) is 10.2 Å². The highest BCUT2D eigenvalue weighted by Crippen LogP contribution is 2.27. The van der Waals surface area contributed by atoms with Crippen molar-refractivity contribution in [1.29, 1.82) is 0 Å². The van der Waals surface area contributed by atoms with Gasteiger partial charge in [0.2, 0.25) is 0 Å². The van der Waals surface area contributed by atoms with Crippen LogP contribution in [-0.2, 0) is 12.3 Å². The minimum Gasteiger partial charge on any atom is -0.483 e. The number of nitrogens with zero attached hydrogens (tertiary/aromatic N) is 3. The van der Waals surface area contributed by atoms with Gasteiger partial charge >= 0.3 is 0 Å². The summed E-state index contributed by atoms with van der Waals surface area (Å²) in [7, 11) is 0. The maximum atomic E-state index is 6.03. The van der Waals surface area contributed by atoms with Gasteiger partial charge in [0.25, 0.3) is 0 Å². The van der Waals surface area contributed by atoms with Crippen LogP contribution in [0.2, 0.25) is 5.02 Å². The first-order chi connectivity index (χ1) is 12.6. The van der Waals surface area contributed by atoms with E-state index in [4.69, 9.17) is 16.3 Å². The second-order valence-corrected chi connectivity index (χ2v) is 7.46. The first-order valence-electron chi connectivity index (χ1n) is 8.60. The Labute approximate surface area is 163 Å². The fraction of sp³-hybridized carbons (Fsp3) is 0.300. The number of thioether (sulfide) groups is 1. The van der Waals surface area contributed by atoms with Gasteiger partial charge in [0, 0.05) is 17.3 Å². The molecule has 2 aromatic carbocycles. The average Bonchev–Trinajstić information content (AvgIpc) is 3.03. The Morgan fingerprint density at radius 3 is 2.69 bits per heavy atom. The third-order valence-corrected chi connectivity index (χ3v) is 5.26. The molecular weight excluding hydrogens is 366 g/mol. The summed E-state index contributed by atoms with van der Waals surface area (Å²) in [5, 5.41) is 10.3. The van der Waals surface area contributed by atoms with Gasteiger partial charge in [0.15, 0.2) is 17.1 Å². The lowest BCUT2D eigenvalue weighted by Crippen LogP contribution is -2.12. The van der Waals surface area contributed by atoms with Crippen molar-refractivity contribution in [1.82, 2.24) is 14.8 Å². The van der Waals surface area contributed by atoms with Gasteiger partial charge in [-0.05, 0) is 44.5 Å². The molecule has 3 rings (SSSR count). The minimum absolute atomic E-state index is 0.214. The van der Waals surface area contributed by atoms with E-state index in [1.54, 1.807) is 17.8 Å². The van der Waals surface area contributed by atoms with Crippen LogP contribution in [0.5, 0.6) is 5.75 Å². The van der Waals surface area contributed by atoms with E-state index in [2.05, 4.69) is 52.9 Å². The molecule has 0 radical (unpaired) electrons. The maximum Gasteiger partial charge on any atom is 0.191 e. The van der Waals surface area contributed by atoms with Crippen LogP contribution in [0.15, 0.2) is 53.7 Å². The van der Waals surface area contributed by atoms with Crippen molar-refractivity contribution in [2.45, 2.75) is 44.3 Å². The molecule has 6 heteroatoms. The minimum atomic E-state index is -0.214. The van der Waals surface area contributed by atoms with Gasteiger partial charge in [-0.25, -0.2) is 0 Å². The fourth-order valence-electron chi connectivity index (χ4n) is 2.75. The van der Waals surface area contributed by atoms with Gasteiger partial charge in [-0.1, -0.05) is 59.3 Å². The highest BCUT2D eigenvalue weighted by Gasteiger charge is 2.19. The topological polar surface area (TPSA) is 39.9 Å². The zero-order valence-electron chi connectivity index (χ0n) is 15.1. The Bertz CT molecular complexity index is 881. The largest absolute Gasteiger partial charge is 0.483 e. The number of hydrogen-bond acceptors (Lipinski definition) is 4. The summed E-state index contributed by atoms with van der Waals surface area (Å²) in [4.78, 5) is 0. The second-order valence-electron chi connectivity index (χ2n) is 6.08. The van der Waals surface area contributed by atoms with Crippen LogP contribution in [0.25, 0.3) is 0 Å². The van der Waals surface area contributed by atoms with E-state index in [1.807, 2.05) is 25.1 Å². The van der Waals surface area contributed by atoms with E-state index in [9.17, 15) is 0 Å². The summed E-state index contributed by atoms with van der Waals surface area (Å²) in [6.45, 7) is 6.97. The van der Waals surface area contributed by atoms with E-state index < -0.39 is 0 Å². The fourth-order valence-corrected chi connectivity index (χ4v) is 3.88. The summed E-state index contributed by atoms with van der Waals surface area (Å²) in [6, 6.07) is 15.9. The molecular formula is C20H22ClN3OS. The lowest BCUT2D eigenvalue weighted by molar-refractivity contribution is 0.210. The zero-order chi connectivity index (χ0) is 18.5. The molecule has 0 unspecified atom stereocenters. The molecule has 1 aromatic heterocycles. The van der Waals surface area contributed by atoms with Crippen LogP contribution in [0.4, 0.5) is 0 Å². The Kier molecular flexibility index (Phi) is 6.22. The Morgan fingerprint density at radius 1 is 1.15 bits per heavy atom. The third-order valence-electron chi connectivity index (χ3n) is 3.98. The van der Waals surface area contributed by atoms with E-state index in [0.29, 0.717) is 5.02 Å². The quantitative estimate of drug-likeness (QED) is 0.488. The lowest BCUT2D eigenvalue weighted by atomic mass is 10.2. The summed E-state index contributed by atoms with van der Waals surface area (Å²) in [6.07, 6.45) is -0.214. The molecule has 0 N–H and O–H groups in total. The van der Waals surface area contributed by atoms with Crippen LogP contribution < -0.4 is 4.74 Å². The number of aryl methyl sites for hydroxylation is 1. The number of rotatable bonds is 7. The first-order valence-corrected chi connectivity index (χ1v) is 9.97. The first kappa shape index (κ1) is 18.8. The zero-order valence-corrected chi connectivity index (χ0v) is 16.7. The van der Waals surface area contributed by atoms with E-state index in [0.717, 1.165) is 29.0 Å². The Balaban J connectivity index is 1.72. The molecule has 4 nitrogen and oxygen atoms in total. The van der Waals surface area contributed by atoms with Crippen molar-refractivity contribution in [3.8, 4) is 5.75 Å². The van der Waals surface area contributed by atoms with Crippen molar-refractivity contribution < 1.29 is 4.74 Å². The van der Waals surface area contributed by atoms with Gasteiger partial charge in [-0.3, -0.25) is 0 Å². The molecule has 0 spiro atoms. The molecule has 3 aromatic rings. The molecule has 0 fully saturated rings. The molecule has 136 valence electrons. The summed E-state index contributed by atoms with van der Waals surface area (Å²) >= 11 is 7.72. The predicted octanol–water partition coefficient (Wildman–Crippen LogP) is 5.69. The standard InChI is InChI=1S/C20H22ClN3OS/c1-4-24-19(15(3)25-18-10-6-9-17(21)12-18)22-23-20(24)26-13-16-8-5-7-14(2)11-16/h5-12,15H,4,13H2,1-3H3/t15-/m0/s1. The van der Waals surface area contributed by atoms with Crippen molar-refractivity contribution in [3.05, 3.63) is 70.5 Å². The lowest BCUT2D eigenvalue weighted by Gasteiger charge is -2.15. The highest BCUT2D eigenvalue weighted by atomic mass is 35.5. The number of hydrogen-bond donors (Lipinski definition) is 0. The summed E-state index contributed by atoms with van der Waals surface area (Å²) in [5.74, 6) is 2.41. The van der Waals surface area contributed by atoms with Crippen LogP contribution in [-0.4, -0.2) is 14.8 Å². The van der Waals surface area contributed by atoms with Crippen LogP contribution >= 0.6 is 23.4 Å². The third kappa shape index (κ3) is 4.59. The smallest absolute Gasteiger partial charge is 0.191 e. The van der Waals surface area contributed by atoms with Crippen LogP contribution in [0.3, 0.4) is 0 Å². The molecule has 1 atom stereocenters. The van der Waals surface area contributed by atoms with Gasteiger partial charge in [-0.2, -0.15) is 0 Å². The summed E-state index contributed by atoms with van der Waals surface area (Å²) < 4.78 is 8.11. The van der Waals surface area contributed by atoms with Gasteiger partial charge in [0.05, 0.1) is 0 Å². The molecule has 26 heavy (non-hydrogen) atoms. The number of aromatic nitrogens is 3. The average molecular weight is 388 g/mol. The molecule has 0 saturated carbocycles. The monoisotopic (exact) mass is 387 g/mol. The van der Waals surface area contributed by atoms with Crippen molar-refractivity contribution in [2.75, 3.05) is 0 Å². The van der Waals surface area contributed by atoms with E-state index in [1.165, 1.54) is 11.1 Å². The number of halogens is 1. The number of benzene rings is 2. The molecule has 0 aliphatic carbocycles. The molecule has 0 amide bonds. The second kappa shape index (κ2) is 8.60. The highest BCUT2D eigenvalue weighted by molar-refractivity contribution is 7.98. The molecule has 0 saturated heterocycles. The predicted molar refractivity (Wildman–Crippen MR) is 107 cm³/mol. The van der Waals surface area contributed by atoms with Crippen molar-refractivity contribution >= 4 is 23.4 Å².